The molecule has 1 fully saturated rings. The van der Waals surface area contributed by atoms with E-state index in [1.807, 2.05) is 53.7 Å². The van der Waals surface area contributed by atoms with Gasteiger partial charge in [-0.1, -0.05) is 31.0 Å². The standard InChI is InChI=1S/C18H26N4O2/c1-13-17(21(2)20-15-11-7-8-12-16(15)23)18(24-3)22(19-13)14-9-5-4-6-10-14/h4-6,9-10,15-17,23H,7-8,11-12H2,1-3H3/q+2. The van der Waals surface area contributed by atoms with Crippen LogP contribution in [0.25, 0.3) is 0 Å². The van der Waals surface area contributed by atoms with Gasteiger partial charge in [-0.05, 0) is 29.6 Å². The molecule has 6 heteroatoms. The summed E-state index contributed by atoms with van der Waals surface area (Å²) in [6, 6.07) is 9.75. The predicted octanol–water partition coefficient (Wildman–Crippen LogP) is 2.53. The number of azo groups is 2. The van der Waals surface area contributed by atoms with Crippen molar-refractivity contribution in [2.75, 3.05) is 14.2 Å². The van der Waals surface area contributed by atoms with Crippen molar-refractivity contribution in [1.29, 1.82) is 0 Å². The van der Waals surface area contributed by atoms with E-state index < -0.39 is 0 Å². The second-order valence-electron chi connectivity index (χ2n) is 6.44. The van der Waals surface area contributed by atoms with Crippen LogP contribution < -0.4 is 0 Å². The number of aliphatic hydroxyl groups excluding tert-OH is 1. The Balaban J connectivity index is 1.92. The smallest absolute Gasteiger partial charge is 0.444 e. The highest BCUT2D eigenvalue weighted by molar-refractivity contribution is 6.05. The van der Waals surface area contributed by atoms with Crippen molar-refractivity contribution >= 4 is 17.3 Å². The molecule has 1 saturated carbocycles. The molecule has 2 aliphatic rings. The van der Waals surface area contributed by atoms with Crippen LogP contribution in [0.2, 0.25) is 0 Å². The van der Waals surface area contributed by atoms with E-state index in [4.69, 9.17) is 9.85 Å². The molecule has 1 aliphatic heterocycles. The Hall–Kier alpha value is -2.08. The number of likely N-dealkylation sites (N-methyl/N-ethyl adjacent to an activating group) is 1. The lowest BCUT2D eigenvalue weighted by atomic mass is 9.93. The van der Waals surface area contributed by atoms with Crippen molar-refractivity contribution in [3.05, 3.63) is 30.3 Å². The predicted molar refractivity (Wildman–Crippen MR) is 92.2 cm³/mol. The highest BCUT2D eigenvalue weighted by atomic mass is 16.5. The number of hydrazone groups is 1. The van der Waals surface area contributed by atoms with E-state index in [1.54, 1.807) is 7.11 Å². The van der Waals surface area contributed by atoms with E-state index in [9.17, 15) is 5.11 Å². The molecule has 1 aliphatic carbocycles. The van der Waals surface area contributed by atoms with Crippen LogP contribution in [-0.2, 0) is 4.74 Å². The summed E-state index contributed by atoms with van der Waals surface area (Å²) < 4.78 is 9.37. The summed E-state index contributed by atoms with van der Waals surface area (Å²) in [5.41, 5.74) is 1.88. The summed E-state index contributed by atoms with van der Waals surface area (Å²) in [6.07, 6.45) is 3.61. The second kappa shape index (κ2) is 7.21. The van der Waals surface area contributed by atoms with Crippen LogP contribution in [0.4, 0.5) is 5.69 Å². The average Bonchev–Trinajstić information content (AvgIpc) is 2.94. The Morgan fingerprint density at radius 2 is 1.96 bits per heavy atom. The number of benzene rings is 1. The molecular formula is C18H26N4O2+2. The molecule has 0 saturated heterocycles. The minimum Gasteiger partial charge on any atom is -0.444 e. The molecule has 0 amide bonds. The first-order valence-corrected chi connectivity index (χ1v) is 8.54. The minimum atomic E-state index is -0.351. The van der Waals surface area contributed by atoms with Crippen LogP contribution in [0.15, 0.2) is 40.5 Å². The molecule has 128 valence electrons. The quantitative estimate of drug-likeness (QED) is 0.684. The monoisotopic (exact) mass is 330 g/mol. The van der Waals surface area contributed by atoms with Gasteiger partial charge in [0, 0.05) is 17.2 Å². The van der Waals surface area contributed by atoms with E-state index in [-0.39, 0.29) is 18.2 Å². The molecule has 0 radical (unpaired) electrons. The molecule has 1 aromatic carbocycles. The number of aliphatic hydroxyl groups is 1. The topological polar surface area (TPSA) is 60.2 Å². The summed E-state index contributed by atoms with van der Waals surface area (Å²) in [4.78, 5) is 0. The fraction of sp³-hybridized carbons (Fsp3) is 0.556. The summed E-state index contributed by atoms with van der Waals surface area (Å²) in [7, 11) is 3.59. The fourth-order valence-electron chi connectivity index (χ4n) is 3.47. The van der Waals surface area contributed by atoms with E-state index in [0.29, 0.717) is 0 Å². The van der Waals surface area contributed by atoms with E-state index in [2.05, 4.69) is 5.10 Å². The lowest BCUT2D eigenvalue weighted by molar-refractivity contribution is -0.581. The van der Waals surface area contributed by atoms with Crippen molar-refractivity contribution in [2.24, 2.45) is 10.2 Å². The van der Waals surface area contributed by atoms with Gasteiger partial charge < -0.3 is 9.84 Å². The van der Waals surface area contributed by atoms with E-state index in [1.165, 1.54) is 0 Å². The van der Waals surface area contributed by atoms with Gasteiger partial charge in [0.05, 0.1) is 13.2 Å². The highest BCUT2D eigenvalue weighted by Gasteiger charge is 2.47. The second-order valence-corrected chi connectivity index (χ2v) is 6.44. The van der Waals surface area contributed by atoms with Crippen LogP contribution in [0.5, 0.6) is 0 Å². The fourth-order valence-corrected chi connectivity index (χ4v) is 3.47. The van der Waals surface area contributed by atoms with Crippen molar-refractivity contribution in [3.8, 4) is 0 Å². The van der Waals surface area contributed by atoms with Gasteiger partial charge in [-0.25, -0.2) is 0 Å². The maximum Gasteiger partial charge on any atom is 0.453 e. The van der Waals surface area contributed by atoms with Gasteiger partial charge in [-0.15, -0.1) is 4.70 Å². The van der Waals surface area contributed by atoms with Crippen molar-refractivity contribution in [3.63, 3.8) is 0 Å². The third-order valence-corrected chi connectivity index (χ3v) is 4.70. The SMILES string of the molecule is COC1=[N+](c2ccccc2)N=C(C)C1[N+](C)=NC1CCCCC1O. The number of methoxy groups -OCH3 is 1. The molecule has 3 unspecified atom stereocenters. The van der Waals surface area contributed by atoms with Gasteiger partial charge in [0.1, 0.15) is 6.04 Å². The Labute approximate surface area is 142 Å². The molecule has 3 rings (SSSR count). The third kappa shape index (κ3) is 3.24. The van der Waals surface area contributed by atoms with Crippen molar-refractivity contribution in [2.45, 2.75) is 50.8 Å². The minimum absolute atomic E-state index is 0.0413. The molecule has 3 atom stereocenters. The van der Waals surface area contributed by atoms with Crippen LogP contribution in [0, 0.1) is 0 Å². The number of hydrogen-bond acceptors (Lipinski definition) is 4. The Morgan fingerprint density at radius 1 is 1.25 bits per heavy atom. The zero-order valence-electron chi connectivity index (χ0n) is 14.6. The van der Waals surface area contributed by atoms with Crippen LogP contribution in [0.3, 0.4) is 0 Å². The van der Waals surface area contributed by atoms with Gasteiger partial charge in [0.15, 0.2) is 12.8 Å². The lowest BCUT2D eigenvalue weighted by Crippen LogP contribution is -2.39. The van der Waals surface area contributed by atoms with Crippen LogP contribution in [0.1, 0.15) is 32.6 Å². The molecular weight excluding hydrogens is 304 g/mol. The van der Waals surface area contributed by atoms with Gasteiger partial charge in [0.2, 0.25) is 5.69 Å². The number of rotatable bonds is 3. The molecule has 1 aromatic rings. The van der Waals surface area contributed by atoms with Gasteiger partial charge >= 0.3 is 11.9 Å². The van der Waals surface area contributed by atoms with Crippen molar-refractivity contribution in [1.82, 2.24) is 0 Å². The maximum absolute atomic E-state index is 10.2. The number of para-hydroxylation sites is 1. The highest BCUT2D eigenvalue weighted by Crippen LogP contribution is 2.23. The van der Waals surface area contributed by atoms with Gasteiger partial charge in [-0.2, -0.15) is 0 Å². The molecule has 6 nitrogen and oxygen atoms in total. The first-order chi connectivity index (χ1) is 11.6. The summed E-state index contributed by atoms with van der Waals surface area (Å²) in [5, 5.41) is 19.6. The first kappa shape index (κ1) is 16.8. The number of hydrogen-bond donors (Lipinski definition) is 1. The van der Waals surface area contributed by atoms with Crippen LogP contribution in [-0.4, -0.2) is 58.4 Å². The number of nitrogens with zero attached hydrogens (tertiary/aromatic N) is 4. The van der Waals surface area contributed by atoms with E-state index >= 15 is 0 Å². The van der Waals surface area contributed by atoms with Crippen molar-refractivity contribution < 1.29 is 19.2 Å². The normalized spacial score (nSPS) is 28.1. The zero-order valence-corrected chi connectivity index (χ0v) is 14.6. The molecule has 0 aromatic heterocycles. The Bertz CT molecular complexity index is 682. The first-order valence-electron chi connectivity index (χ1n) is 8.54. The van der Waals surface area contributed by atoms with Crippen LogP contribution >= 0.6 is 0 Å². The lowest BCUT2D eigenvalue weighted by Gasteiger charge is -2.21. The largest absolute Gasteiger partial charge is 0.453 e. The van der Waals surface area contributed by atoms with E-state index in [0.717, 1.165) is 43.0 Å². The summed E-state index contributed by atoms with van der Waals surface area (Å²) in [6.45, 7) is 1.98. The summed E-state index contributed by atoms with van der Waals surface area (Å²) >= 11 is 0. The average molecular weight is 330 g/mol. The molecule has 1 heterocycles. The molecule has 0 spiro atoms. The Morgan fingerprint density at radius 3 is 2.62 bits per heavy atom. The summed E-state index contributed by atoms with van der Waals surface area (Å²) in [5.74, 6) is 0.732. The Kier molecular flexibility index (Phi) is 5.04. The molecule has 0 bridgehead atoms. The molecule has 1 N–H and O–H groups in total. The third-order valence-electron chi connectivity index (χ3n) is 4.70. The van der Waals surface area contributed by atoms with Gasteiger partial charge in [-0.3, -0.25) is 0 Å². The van der Waals surface area contributed by atoms with Gasteiger partial charge in [0.25, 0.3) is 0 Å². The zero-order chi connectivity index (χ0) is 17.1. The molecule has 24 heavy (non-hydrogen) atoms. The number of ether oxygens (including phenoxy) is 1. The maximum atomic E-state index is 10.2.